The van der Waals surface area contributed by atoms with Crippen LogP contribution in [0.2, 0.25) is 5.02 Å². The maximum Gasteiger partial charge on any atom is 0.229 e. The van der Waals surface area contributed by atoms with Gasteiger partial charge in [0.15, 0.2) is 5.82 Å². The van der Waals surface area contributed by atoms with Crippen LogP contribution in [0.1, 0.15) is 0 Å². The van der Waals surface area contributed by atoms with Gasteiger partial charge in [0, 0.05) is 18.4 Å². The fraction of sp³-hybridized carbons (Fsp3) is 0.200. The molecular weight excluding hydrogens is 461 g/mol. The van der Waals surface area contributed by atoms with Gasteiger partial charge in [-0.05, 0) is 24.3 Å². The van der Waals surface area contributed by atoms with Crippen molar-refractivity contribution in [2.75, 3.05) is 41.9 Å². The van der Waals surface area contributed by atoms with Crippen molar-refractivity contribution >= 4 is 51.4 Å². The number of hydrogen-bond acceptors (Lipinski definition) is 8. The Morgan fingerprint density at radius 2 is 1.88 bits per heavy atom. The summed E-state index contributed by atoms with van der Waals surface area (Å²) in [6.07, 6.45) is 2.85. The predicted octanol–water partition coefficient (Wildman–Crippen LogP) is 3.84. The number of hydrogen-bond donors (Lipinski definition) is 4. The SMILES string of the molecule is COc1ccc(Nc2nc(Nc3cc(OCCO)ccc3F)ncc2Cl)c(NS(C)=O)c1. The number of benzene rings is 2. The molecule has 0 bridgehead atoms. The lowest BCUT2D eigenvalue weighted by Crippen LogP contribution is -2.07. The maximum absolute atomic E-state index is 14.2. The number of anilines is 5. The van der Waals surface area contributed by atoms with Crippen LogP contribution in [0.25, 0.3) is 0 Å². The molecule has 1 heterocycles. The van der Waals surface area contributed by atoms with Gasteiger partial charge in [-0.15, -0.1) is 0 Å². The molecule has 9 nitrogen and oxygen atoms in total. The zero-order valence-electron chi connectivity index (χ0n) is 17.2. The third kappa shape index (κ3) is 6.19. The number of methoxy groups -OCH3 is 1. The highest BCUT2D eigenvalue weighted by molar-refractivity contribution is 7.85. The van der Waals surface area contributed by atoms with Crippen molar-refractivity contribution in [3.05, 3.63) is 53.4 Å². The van der Waals surface area contributed by atoms with Crippen LogP contribution < -0.4 is 24.8 Å². The Morgan fingerprint density at radius 1 is 1.12 bits per heavy atom. The Kier molecular flexibility index (Phi) is 8.03. The van der Waals surface area contributed by atoms with Gasteiger partial charge in [0.1, 0.15) is 39.9 Å². The second-order valence-electron chi connectivity index (χ2n) is 6.32. The molecule has 0 saturated carbocycles. The molecule has 0 aliphatic heterocycles. The van der Waals surface area contributed by atoms with E-state index >= 15 is 0 Å². The number of ether oxygens (including phenoxy) is 2. The molecule has 1 aromatic heterocycles. The third-order valence-electron chi connectivity index (χ3n) is 4.02. The average Bonchev–Trinajstić information content (AvgIpc) is 2.77. The van der Waals surface area contributed by atoms with Gasteiger partial charge in [-0.3, -0.25) is 0 Å². The van der Waals surface area contributed by atoms with Gasteiger partial charge in [-0.2, -0.15) is 4.98 Å². The molecule has 2 aromatic carbocycles. The van der Waals surface area contributed by atoms with Crippen LogP contribution in [0.3, 0.4) is 0 Å². The van der Waals surface area contributed by atoms with E-state index in [1.54, 1.807) is 18.2 Å². The molecule has 3 rings (SSSR count). The van der Waals surface area contributed by atoms with Crippen LogP contribution in [0.4, 0.5) is 33.2 Å². The van der Waals surface area contributed by atoms with E-state index in [2.05, 4.69) is 25.3 Å². The quantitative estimate of drug-likeness (QED) is 0.345. The molecular formula is C20H21ClFN5O4S. The minimum Gasteiger partial charge on any atom is -0.497 e. The lowest BCUT2D eigenvalue weighted by atomic mass is 10.2. The van der Waals surface area contributed by atoms with Crippen molar-refractivity contribution in [3.63, 3.8) is 0 Å². The smallest absolute Gasteiger partial charge is 0.229 e. The van der Waals surface area contributed by atoms with Crippen LogP contribution in [0.5, 0.6) is 11.5 Å². The van der Waals surface area contributed by atoms with Gasteiger partial charge in [-0.1, -0.05) is 11.6 Å². The molecule has 0 saturated heterocycles. The maximum atomic E-state index is 14.2. The first kappa shape index (κ1) is 23.5. The van der Waals surface area contributed by atoms with E-state index in [1.807, 2.05) is 0 Å². The van der Waals surface area contributed by atoms with Gasteiger partial charge < -0.3 is 29.9 Å². The lowest BCUT2D eigenvalue weighted by molar-refractivity contribution is 0.201. The van der Waals surface area contributed by atoms with Gasteiger partial charge in [-0.25, -0.2) is 13.6 Å². The monoisotopic (exact) mass is 481 g/mol. The standard InChI is InChI=1S/C20H21ClFN5O4S/c1-30-12-4-6-16(18(9-12)27-32(2)29)24-19-14(21)11-23-20(26-19)25-17-10-13(31-8-7-28)3-5-15(17)22/h3-6,9-11,27-28H,7-8H2,1-2H3,(H2,23,24,25,26). The van der Waals surface area contributed by atoms with Crippen molar-refractivity contribution in [2.45, 2.75) is 0 Å². The second kappa shape index (κ2) is 10.9. The zero-order chi connectivity index (χ0) is 23.1. The number of halogens is 2. The highest BCUT2D eigenvalue weighted by atomic mass is 35.5. The van der Waals surface area contributed by atoms with Crippen LogP contribution in [-0.2, 0) is 11.0 Å². The molecule has 0 radical (unpaired) electrons. The first-order valence-electron chi connectivity index (χ1n) is 9.27. The molecule has 170 valence electrons. The lowest BCUT2D eigenvalue weighted by Gasteiger charge is -2.15. The summed E-state index contributed by atoms with van der Waals surface area (Å²) in [5.74, 6) is 0.723. The summed E-state index contributed by atoms with van der Waals surface area (Å²) in [7, 11) is 0.193. The molecule has 1 atom stereocenters. The van der Waals surface area contributed by atoms with E-state index in [-0.39, 0.29) is 35.7 Å². The van der Waals surface area contributed by atoms with E-state index in [1.165, 1.54) is 37.8 Å². The van der Waals surface area contributed by atoms with Gasteiger partial charge in [0.2, 0.25) is 5.95 Å². The summed E-state index contributed by atoms with van der Waals surface area (Å²) in [6, 6.07) is 9.20. The summed E-state index contributed by atoms with van der Waals surface area (Å²) >= 11 is 6.24. The number of rotatable bonds is 10. The molecule has 0 aliphatic carbocycles. The molecule has 0 fully saturated rings. The minimum absolute atomic E-state index is 0.0807. The first-order valence-corrected chi connectivity index (χ1v) is 11.2. The number of aliphatic hydroxyl groups excluding tert-OH is 1. The van der Waals surface area contributed by atoms with Crippen molar-refractivity contribution in [1.82, 2.24) is 9.97 Å². The molecule has 0 aliphatic rings. The molecule has 1 unspecified atom stereocenters. The van der Waals surface area contributed by atoms with E-state index < -0.39 is 16.8 Å². The van der Waals surface area contributed by atoms with Crippen LogP contribution in [-0.4, -0.2) is 45.9 Å². The zero-order valence-corrected chi connectivity index (χ0v) is 18.8. The van der Waals surface area contributed by atoms with Crippen molar-refractivity contribution < 1.29 is 23.2 Å². The predicted molar refractivity (Wildman–Crippen MR) is 123 cm³/mol. The number of nitrogens with one attached hydrogen (secondary N) is 3. The van der Waals surface area contributed by atoms with Gasteiger partial charge in [0.05, 0.1) is 37.0 Å². The van der Waals surface area contributed by atoms with Crippen LogP contribution >= 0.6 is 11.6 Å². The average molecular weight is 482 g/mol. The van der Waals surface area contributed by atoms with E-state index in [4.69, 9.17) is 26.2 Å². The Bertz CT molecular complexity index is 1120. The largest absolute Gasteiger partial charge is 0.497 e. The van der Waals surface area contributed by atoms with Gasteiger partial charge in [0.25, 0.3) is 0 Å². The number of nitrogens with zero attached hydrogens (tertiary/aromatic N) is 2. The summed E-state index contributed by atoms with van der Waals surface area (Å²) in [6.45, 7) is -0.0827. The first-order chi connectivity index (χ1) is 15.4. The topological polar surface area (TPSA) is 118 Å². The Labute approximate surface area is 191 Å². The summed E-state index contributed by atoms with van der Waals surface area (Å²) in [5.41, 5.74) is 1.13. The van der Waals surface area contributed by atoms with Crippen LogP contribution in [0.15, 0.2) is 42.6 Å². The summed E-state index contributed by atoms with van der Waals surface area (Å²) < 4.78 is 39.2. The number of aromatic nitrogens is 2. The van der Waals surface area contributed by atoms with Crippen molar-refractivity contribution in [1.29, 1.82) is 0 Å². The molecule has 0 spiro atoms. The van der Waals surface area contributed by atoms with E-state index in [0.29, 0.717) is 22.9 Å². The third-order valence-corrected chi connectivity index (χ3v) is 4.81. The minimum atomic E-state index is -1.33. The molecule has 32 heavy (non-hydrogen) atoms. The van der Waals surface area contributed by atoms with Crippen molar-refractivity contribution in [3.8, 4) is 11.5 Å². The van der Waals surface area contributed by atoms with Crippen LogP contribution in [0, 0.1) is 5.82 Å². The van der Waals surface area contributed by atoms with Gasteiger partial charge >= 0.3 is 0 Å². The molecule has 4 N–H and O–H groups in total. The summed E-state index contributed by atoms with van der Waals surface area (Å²) in [5, 5.41) is 14.9. The normalized spacial score (nSPS) is 11.5. The molecule has 12 heteroatoms. The Hall–Kier alpha value is -3.15. The second-order valence-corrected chi connectivity index (χ2v) is 7.84. The Balaban J connectivity index is 1.87. The van der Waals surface area contributed by atoms with E-state index in [0.717, 1.165) is 0 Å². The fourth-order valence-electron chi connectivity index (χ4n) is 2.62. The summed E-state index contributed by atoms with van der Waals surface area (Å²) in [4.78, 5) is 8.39. The highest BCUT2D eigenvalue weighted by Gasteiger charge is 2.12. The fourth-order valence-corrected chi connectivity index (χ4v) is 3.23. The molecule has 3 aromatic rings. The number of aliphatic hydroxyl groups is 1. The highest BCUT2D eigenvalue weighted by Crippen LogP contribution is 2.32. The van der Waals surface area contributed by atoms with E-state index in [9.17, 15) is 8.60 Å². The molecule has 0 amide bonds. The Morgan fingerprint density at radius 3 is 2.59 bits per heavy atom. The van der Waals surface area contributed by atoms with Crippen molar-refractivity contribution in [2.24, 2.45) is 0 Å².